The quantitative estimate of drug-likeness (QED) is 0.481. The Bertz CT molecular complexity index is 1120. The highest BCUT2D eigenvalue weighted by Crippen LogP contribution is 2.37. The highest BCUT2D eigenvalue weighted by atomic mass is 32.2. The van der Waals surface area contributed by atoms with Gasteiger partial charge in [0.2, 0.25) is 5.91 Å². The molecule has 7 nitrogen and oxygen atoms in total. The topological polar surface area (TPSA) is 71.7 Å². The van der Waals surface area contributed by atoms with Crippen molar-refractivity contribution >= 4 is 34.7 Å². The number of amides is 1. The molecule has 0 spiro atoms. The standard InChI is InChI=1S/C24H28N4O3S2/c1-16-7-8-20-17(13-16)14-21(33-20)23-25-26-24(31-23)32-15-22(29)28-11-9-27(10-12-28)18-5-3-4-6-19(18)30-2/h3-6,14,16H,7-13,15H2,1-2H3/t16-/m0/s1. The number of carbonyl (C=O) groups is 1. The van der Waals surface area contributed by atoms with Crippen molar-refractivity contribution in [2.24, 2.45) is 5.92 Å². The van der Waals surface area contributed by atoms with Crippen LogP contribution in [-0.4, -0.2) is 60.0 Å². The molecule has 1 atom stereocenters. The van der Waals surface area contributed by atoms with Crippen LogP contribution >= 0.6 is 23.1 Å². The Kier molecular flexibility index (Phi) is 6.59. The van der Waals surface area contributed by atoms with Gasteiger partial charge < -0.3 is 19.0 Å². The molecule has 1 aliphatic carbocycles. The van der Waals surface area contributed by atoms with E-state index in [1.165, 1.54) is 28.6 Å². The van der Waals surface area contributed by atoms with Crippen LogP contribution in [0.3, 0.4) is 0 Å². The largest absolute Gasteiger partial charge is 0.495 e. The number of benzene rings is 1. The van der Waals surface area contributed by atoms with Crippen LogP contribution in [-0.2, 0) is 17.6 Å². The average Bonchev–Trinajstić information content (AvgIpc) is 3.49. The van der Waals surface area contributed by atoms with Gasteiger partial charge in [-0.25, -0.2) is 0 Å². The van der Waals surface area contributed by atoms with E-state index in [1.54, 1.807) is 18.4 Å². The van der Waals surface area contributed by atoms with Crippen LogP contribution in [0.2, 0.25) is 0 Å². The first-order valence-corrected chi connectivity index (χ1v) is 13.1. The van der Waals surface area contributed by atoms with Crippen molar-refractivity contribution in [2.45, 2.75) is 31.4 Å². The highest BCUT2D eigenvalue weighted by molar-refractivity contribution is 7.99. The fraction of sp³-hybridized carbons (Fsp3) is 0.458. The molecule has 2 aliphatic rings. The normalized spacial score (nSPS) is 18.3. The molecule has 1 aromatic carbocycles. The lowest BCUT2D eigenvalue weighted by molar-refractivity contribution is -0.128. The third-order valence-electron chi connectivity index (χ3n) is 6.32. The van der Waals surface area contributed by atoms with E-state index < -0.39 is 0 Å². The number of aryl methyl sites for hydroxylation is 1. The Morgan fingerprint density at radius 3 is 2.88 bits per heavy atom. The summed E-state index contributed by atoms with van der Waals surface area (Å²) < 4.78 is 11.3. The summed E-state index contributed by atoms with van der Waals surface area (Å²) in [6, 6.07) is 10.2. The molecular weight excluding hydrogens is 456 g/mol. The zero-order chi connectivity index (χ0) is 22.8. The van der Waals surface area contributed by atoms with Gasteiger partial charge in [0.05, 0.1) is 23.4 Å². The van der Waals surface area contributed by atoms with Gasteiger partial charge >= 0.3 is 0 Å². The first kappa shape index (κ1) is 22.3. The Balaban J connectivity index is 1.14. The van der Waals surface area contributed by atoms with Crippen molar-refractivity contribution in [1.82, 2.24) is 15.1 Å². The summed E-state index contributed by atoms with van der Waals surface area (Å²) in [5.74, 6) is 2.55. The molecule has 9 heteroatoms. The number of thioether (sulfide) groups is 1. The minimum atomic E-state index is 0.0972. The van der Waals surface area contributed by atoms with Gasteiger partial charge in [-0.05, 0) is 48.9 Å². The number of methoxy groups -OCH3 is 1. The molecule has 1 aliphatic heterocycles. The zero-order valence-electron chi connectivity index (χ0n) is 19.0. The van der Waals surface area contributed by atoms with Gasteiger partial charge in [0.25, 0.3) is 11.1 Å². The van der Waals surface area contributed by atoms with E-state index in [0.29, 0.717) is 30.0 Å². The lowest BCUT2D eigenvalue weighted by Crippen LogP contribution is -2.49. The Morgan fingerprint density at radius 2 is 2.06 bits per heavy atom. The van der Waals surface area contributed by atoms with Crippen molar-refractivity contribution in [3.05, 3.63) is 40.8 Å². The lowest BCUT2D eigenvalue weighted by atomic mass is 9.90. The van der Waals surface area contributed by atoms with Crippen LogP contribution < -0.4 is 9.64 Å². The fourth-order valence-electron chi connectivity index (χ4n) is 4.48. The second-order valence-electron chi connectivity index (χ2n) is 8.61. The molecule has 0 N–H and O–H groups in total. The monoisotopic (exact) mass is 484 g/mol. The predicted molar refractivity (Wildman–Crippen MR) is 131 cm³/mol. The molecule has 1 fully saturated rings. The maximum Gasteiger partial charge on any atom is 0.277 e. The van der Waals surface area contributed by atoms with E-state index in [4.69, 9.17) is 9.15 Å². The summed E-state index contributed by atoms with van der Waals surface area (Å²) in [5.41, 5.74) is 2.49. The first-order chi connectivity index (χ1) is 16.1. The third kappa shape index (κ3) is 4.89. The van der Waals surface area contributed by atoms with E-state index in [1.807, 2.05) is 23.1 Å². The minimum absolute atomic E-state index is 0.0972. The van der Waals surface area contributed by atoms with Gasteiger partial charge in [0.15, 0.2) is 0 Å². The highest BCUT2D eigenvalue weighted by Gasteiger charge is 2.24. The van der Waals surface area contributed by atoms with Crippen LogP contribution in [0.1, 0.15) is 23.8 Å². The van der Waals surface area contributed by atoms with E-state index in [0.717, 1.165) is 48.2 Å². The summed E-state index contributed by atoms with van der Waals surface area (Å²) in [6.07, 6.45) is 3.50. The van der Waals surface area contributed by atoms with E-state index in [9.17, 15) is 4.79 Å². The van der Waals surface area contributed by atoms with Crippen molar-refractivity contribution in [2.75, 3.05) is 43.9 Å². The zero-order valence-corrected chi connectivity index (χ0v) is 20.6. The molecule has 3 aromatic rings. The van der Waals surface area contributed by atoms with Crippen LogP contribution in [0.4, 0.5) is 5.69 Å². The Labute approximate surface area is 202 Å². The summed E-state index contributed by atoms with van der Waals surface area (Å²) in [5, 5.41) is 8.84. The molecular formula is C24H28N4O3S2. The number of anilines is 1. The number of hydrogen-bond donors (Lipinski definition) is 0. The molecule has 1 saturated heterocycles. The lowest BCUT2D eigenvalue weighted by Gasteiger charge is -2.36. The molecule has 0 saturated carbocycles. The average molecular weight is 485 g/mol. The number of hydrogen-bond acceptors (Lipinski definition) is 8. The van der Waals surface area contributed by atoms with Crippen LogP contribution in [0, 0.1) is 5.92 Å². The fourth-order valence-corrected chi connectivity index (χ4v) is 6.28. The van der Waals surface area contributed by atoms with Gasteiger partial charge in [-0.2, -0.15) is 0 Å². The number of fused-ring (bicyclic) bond motifs is 1. The van der Waals surface area contributed by atoms with Crippen LogP contribution in [0.25, 0.3) is 10.8 Å². The molecule has 3 heterocycles. The molecule has 5 rings (SSSR count). The second-order valence-corrected chi connectivity index (χ2v) is 10.7. The van der Waals surface area contributed by atoms with Crippen LogP contribution in [0.15, 0.2) is 40.0 Å². The van der Waals surface area contributed by atoms with E-state index >= 15 is 0 Å². The number of para-hydroxylation sites is 2. The molecule has 0 bridgehead atoms. The molecule has 2 aromatic heterocycles. The number of ether oxygens (including phenoxy) is 1. The summed E-state index contributed by atoms with van der Waals surface area (Å²) in [6.45, 7) is 5.24. The number of thiophene rings is 1. The second kappa shape index (κ2) is 9.77. The van der Waals surface area contributed by atoms with Gasteiger partial charge in [0.1, 0.15) is 5.75 Å². The maximum absolute atomic E-state index is 12.8. The van der Waals surface area contributed by atoms with Gasteiger partial charge in [-0.1, -0.05) is 30.8 Å². The predicted octanol–water partition coefficient (Wildman–Crippen LogP) is 4.37. The summed E-state index contributed by atoms with van der Waals surface area (Å²) >= 11 is 3.07. The number of carbonyl (C=O) groups excluding carboxylic acids is 1. The van der Waals surface area contributed by atoms with Crippen molar-refractivity contribution in [3.8, 4) is 16.5 Å². The number of aromatic nitrogens is 2. The first-order valence-electron chi connectivity index (χ1n) is 11.3. The molecule has 33 heavy (non-hydrogen) atoms. The van der Waals surface area contributed by atoms with Crippen LogP contribution in [0.5, 0.6) is 5.75 Å². The number of nitrogens with zero attached hydrogens (tertiary/aromatic N) is 4. The third-order valence-corrected chi connectivity index (χ3v) is 8.35. The Hall–Kier alpha value is -2.52. The van der Waals surface area contributed by atoms with Crippen molar-refractivity contribution < 1.29 is 13.9 Å². The van der Waals surface area contributed by atoms with Gasteiger partial charge in [-0.3, -0.25) is 4.79 Å². The number of piperazine rings is 1. The molecule has 0 radical (unpaired) electrons. The number of rotatable bonds is 6. The maximum atomic E-state index is 12.8. The molecule has 0 unspecified atom stereocenters. The van der Waals surface area contributed by atoms with E-state index in [-0.39, 0.29) is 5.91 Å². The van der Waals surface area contributed by atoms with E-state index in [2.05, 4.69) is 34.2 Å². The van der Waals surface area contributed by atoms with Crippen molar-refractivity contribution in [1.29, 1.82) is 0 Å². The summed E-state index contributed by atoms with van der Waals surface area (Å²) in [7, 11) is 1.69. The summed E-state index contributed by atoms with van der Waals surface area (Å²) in [4.78, 5) is 19.4. The van der Waals surface area contributed by atoms with Gasteiger partial charge in [-0.15, -0.1) is 21.5 Å². The van der Waals surface area contributed by atoms with Gasteiger partial charge in [0, 0.05) is 31.1 Å². The Morgan fingerprint density at radius 1 is 1.24 bits per heavy atom. The minimum Gasteiger partial charge on any atom is -0.495 e. The molecule has 1 amide bonds. The van der Waals surface area contributed by atoms with Crippen molar-refractivity contribution in [3.63, 3.8) is 0 Å². The SMILES string of the molecule is COc1ccccc1N1CCN(C(=O)CSc2nnc(-c3cc4c(s3)CC[C@H](C)C4)o2)CC1. The molecule has 174 valence electrons. The smallest absolute Gasteiger partial charge is 0.277 e.